The maximum Gasteiger partial charge on any atom is 0.358 e. The Morgan fingerprint density at radius 2 is 1.89 bits per heavy atom. The van der Waals surface area contributed by atoms with E-state index < -0.39 is 29.3 Å². The van der Waals surface area contributed by atoms with E-state index in [2.05, 4.69) is 21.5 Å². The number of aromatic nitrogens is 3. The summed E-state index contributed by atoms with van der Waals surface area (Å²) in [5.41, 5.74) is 1.49. The molecule has 3 aliphatic rings. The van der Waals surface area contributed by atoms with E-state index in [0.717, 1.165) is 36.8 Å². The number of aromatic hydroxyl groups is 1. The van der Waals surface area contributed by atoms with E-state index in [4.69, 9.17) is 14.3 Å². The molecule has 0 amide bonds. The van der Waals surface area contributed by atoms with Gasteiger partial charge in [0.2, 0.25) is 5.79 Å². The molecule has 12 nitrogen and oxygen atoms in total. The van der Waals surface area contributed by atoms with E-state index in [1.54, 1.807) is 32.9 Å². The monoisotopic (exact) mass is 626 g/mol. The van der Waals surface area contributed by atoms with Crippen molar-refractivity contribution in [3.8, 4) is 11.5 Å². The van der Waals surface area contributed by atoms with Crippen molar-refractivity contribution < 1.29 is 39.5 Å². The van der Waals surface area contributed by atoms with Crippen molar-refractivity contribution in [3.05, 3.63) is 47.3 Å². The largest absolute Gasteiger partial charge is 0.508 e. The molecule has 1 fully saturated rings. The van der Waals surface area contributed by atoms with Crippen LogP contribution in [0.4, 0.5) is 0 Å². The van der Waals surface area contributed by atoms with Crippen molar-refractivity contribution in [3.63, 3.8) is 0 Å². The van der Waals surface area contributed by atoms with Crippen LogP contribution in [-0.4, -0.2) is 78.3 Å². The van der Waals surface area contributed by atoms with Crippen LogP contribution in [0.3, 0.4) is 0 Å². The third-order valence-corrected chi connectivity index (χ3v) is 9.04. The van der Waals surface area contributed by atoms with E-state index in [0.29, 0.717) is 30.9 Å². The molecule has 0 saturated heterocycles. The van der Waals surface area contributed by atoms with Crippen LogP contribution in [0, 0.1) is 17.8 Å². The predicted molar refractivity (Wildman–Crippen MR) is 165 cm³/mol. The smallest absolute Gasteiger partial charge is 0.358 e. The van der Waals surface area contributed by atoms with Crippen LogP contribution in [0.5, 0.6) is 11.5 Å². The Bertz CT molecular complexity index is 1420. The van der Waals surface area contributed by atoms with Crippen molar-refractivity contribution in [2.24, 2.45) is 22.9 Å². The summed E-state index contributed by atoms with van der Waals surface area (Å²) in [6.07, 6.45) is 8.09. The van der Waals surface area contributed by atoms with Gasteiger partial charge < -0.3 is 34.7 Å². The van der Waals surface area contributed by atoms with Crippen molar-refractivity contribution in [1.82, 2.24) is 15.0 Å². The fourth-order valence-electron chi connectivity index (χ4n) is 7.30. The number of hydrogen-bond acceptors (Lipinski definition) is 11. The lowest BCUT2D eigenvalue weighted by atomic mass is 9.55. The molecule has 12 heteroatoms. The molecule has 1 saturated carbocycles. The molecule has 246 valence electrons. The van der Waals surface area contributed by atoms with E-state index in [1.165, 1.54) is 16.9 Å². The van der Waals surface area contributed by atoms with Crippen LogP contribution in [-0.2, 0) is 9.57 Å². The number of carbonyl (C=O) groups is 1. The fraction of sp³-hybridized carbons (Fsp3) is 0.636. The number of aliphatic hydroxyl groups is 3. The van der Waals surface area contributed by atoms with Crippen LogP contribution >= 0.6 is 0 Å². The predicted octanol–water partition coefficient (Wildman–Crippen LogP) is 4.25. The molecule has 5 rings (SSSR count). The number of fused-ring (bicyclic) bond motifs is 2. The number of ether oxygens (including phenoxy) is 2. The molecule has 1 aliphatic heterocycles. The molecule has 2 heterocycles. The molecule has 6 unspecified atom stereocenters. The highest BCUT2D eigenvalue weighted by Crippen LogP contribution is 2.62. The van der Waals surface area contributed by atoms with Crippen molar-refractivity contribution in [1.29, 1.82) is 0 Å². The highest BCUT2D eigenvalue weighted by atomic mass is 16.6. The van der Waals surface area contributed by atoms with Crippen LogP contribution < -0.4 is 4.74 Å². The summed E-state index contributed by atoms with van der Waals surface area (Å²) in [6, 6.07) is 3.97. The zero-order chi connectivity index (χ0) is 32.4. The van der Waals surface area contributed by atoms with Crippen molar-refractivity contribution in [2.45, 2.75) is 96.0 Å². The molecule has 45 heavy (non-hydrogen) atoms. The molecule has 2 aromatic rings. The number of rotatable bonds is 12. The third kappa shape index (κ3) is 6.59. The number of carbonyl (C=O) groups excluding carboxylic acids is 1. The van der Waals surface area contributed by atoms with Crippen LogP contribution in [0.25, 0.3) is 0 Å². The van der Waals surface area contributed by atoms with Gasteiger partial charge in [0.25, 0.3) is 0 Å². The number of benzene rings is 1. The molecular weight excluding hydrogens is 580 g/mol. The average molecular weight is 627 g/mol. The van der Waals surface area contributed by atoms with Gasteiger partial charge in [-0.2, -0.15) is 0 Å². The molecule has 0 spiro atoms. The molecule has 0 radical (unpaired) electrons. The van der Waals surface area contributed by atoms with E-state index in [1.807, 2.05) is 6.92 Å². The van der Waals surface area contributed by atoms with Crippen LogP contribution in [0.15, 0.2) is 41.2 Å². The topological polar surface area (TPSA) is 169 Å². The number of phenolic OH excluding ortho intramolecular Hbond substituents is 1. The number of phenols is 1. The summed E-state index contributed by atoms with van der Waals surface area (Å²) >= 11 is 0. The van der Waals surface area contributed by atoms with Crippen molar-refractivity contribution in [2.75, 3.05) is 19.8 Å². The number of nitrogens with zero attached hydrogens (tertiary/aromatic N) is 4. The summed E-state index contributed by atoms with van der Waals surface area (Å²) < 4.78 is 13.6. The Morgan fingerprint density at radius 3 is 2.58 bits per heavy atom. The second kappa shape index (κ2) is 13.5. The third-order valence-electron chi connectivity index (χ3n) is 9.04. The van der Waals surface area contributed by atoms with Crippen molar-refractivity contribution >= 4 is 11.7 Å². The van der Waals surface area contributed by atoms with E-state index in [-0.39, 0.29) is 48.8 Å². The Morgan fingerprint density at radius 1 is 1.16 bits per heavy atom. The van der Waals surface area contributed by atoms with Gasteiger partial charge in [-0.05, 0) is 89.0 Å². The highest BCUT2D eigenvalue weighted by Gasteiger charge is 2.63. The molecule has 1 aromatic carbocycles. The fourth-order valence-corrected chi connectivity index (χ4v) is 7.30. The minimum Gasteiger partial charge on any atom is -0.508 e. The SMILES string of the molecule is CCON=C1CC(n2nncc2C(=O)OC(C)(C)C)C2(O)Oc3ccc(O)cc3C3C(CCCCO)C(CCCCO)C=C1C32. The Balaban J connectivity index is 1.70. The minimum atomic E-state index is -1.89. The average Bonchev–Trinajstić information content (AvgIpc) is 3.47. The number of allylic oxidation sites excluding steroid dienone is 1. The summed E-state index contributed by atoms with van der Waals surface area (Å²) in [5.74, 6) is -2.89. The first kappa shape index (κ1) is 32.9. The van der Waals surface area contributed by atoms with E-state index in [9.17, 15) is 25.2 Å². The molecule has 0 bridgehead atoms. The maximum absolute atomic E-state index is 13.3. The molecule has 2 aliphatic carbocycles. The first-order valence-corrected chi connectivity index (χ1v) is 16.0. The lowest BCUT2D eigenvalue weighted by Gasteiger charge is -2.56. The normalized spacial score (nSPS) is 28.1. The summed E-state index contributed by atoms with van der Waals surface area (Å²) in [6.45, 7) is 7.67. The summed E-state index contributed by atoms with van der Waals surface area (Å²) in [5, 5.41) is 55.5. The molecular formula is C33H46N4O8. The van der Waals surface area contributed by atoms with Gasteiger partial charge in [-0.1, -0.05) is 29.3 Å². The minimum absolute atomic E-state index is 0.00753. The Kier molecular flexibility index (Phi) is 9.85. The second-order valence-electron chi connectivity index (χ2n) is 13.2. The molecule has 1 aromatic heterocycles. The van der Waals surface area contributed by atoms with Gasteiger partial charge in [-0.25, -0.2) is 9.48 Å². The molecule has 4 N–H and O–H groups in total. The highest BCUT2D eigenvalue weighted by molar-refractivity contribution is 6.02. The van der Waals surface area contributed by atoms with Gasteiger partial charge in [0.1, 0.15) is 29.7 Å². The Hall–Kier alpha value is -3.48. The molecule has 6 atom stereocenters. The zero-order valence-electron chi connectivity index (χ0n) is 26.6. The van der Waals surface area contributed by atoms with Gasteiger partial charge in [-0.3, -0.25) is 0 Å². The number of hydrogen-bond donors (Lipinski definition) is 4. The second-order valence-corrected chi connectivity index (χ2v) is 13.2. The Labute approximate surface area is 263 Å². The quantitative estimate of drug-likeness (QED) is 0.152. The zero-order valence-corrected chi connectivity index (χ0v) is 26.6. The number of unbranched alkanes of at least 4 members (excludes halogenated alkanes) is 2. The number of aliphatic hydroxyl groups excluding tert-OH is 2. The van der Waals surface area contributed by atoms with Gasteiger partial charge >= 0.3 is 5.97 Å². The first-order valence-electron chi connectivity index (χ1n) is 16.0. The maximum atomic E-state index is 13.3. The van der Waals surface area contributed by atoms with E-state index >= 15 is 0 Å². The van der Waals surface area contributed by atoms with Gasteiger partial charge in [0.15, 0.2) is 5.69 Å². The number of esters is 1. The summed E-state index contributed by atoms with van der Waals surface area (Å²) in [7, 11) is 0. The number of oxime groups is 1. The lowest BCUT2D eigenvalue weighted by Crippen LogP contribution is -2.62. The first-order chi connectivity index (χ1) is 21.5. The van der Waals surface area contributed by atoms with Gasteiger partial charge in [-0.15, -0.1) is 5.10 Å². The lowest BCUT2D eigenvalue weighted by molar-refractivity contribution is -0.225. The summed E-state index contributed by atoms with van der Waals surface area (Å²) in [4.78, 5) is 18.9. The van der Waals surface area contributed by atoms with Crippen LogP contribution in [0.1, 0.15) is 101 Å². The standard InChI is InChI=1S/C33H46N4O8/c1-5-43-35-25-18-28(37-26(19-34-36-37)31(41)45-32(2,3)4)33(42)30-23(25)16-20(10-6-8-14-38)22(11-7-9-15-39)29(30)24-17-21(40)12-13-27(24)44-33/h12-13,16-17,19-20,22,28-30,38-40,42H,5-11,14-15,18H2,1-4H3. The van der Waals surface area contributed by atoms with Gasteiger partial charge in [0, 0.05) is 31.1 Å². The van der Waals surface area contributed by atoms with Crippen LogP contribution in [0.2, 0.25) is 0 Å². The van der Waals surface area contributed by atoms with Gasteiger partial charge in [0.05, 0.1) is 17.8 Å².